The second-order valence-electron chi connectivity index (χ2n) is 5.22. The first kappa shape index (κ1) is 14.2. The number of rotatable bonds is 2. The molecule has 0 bridgehead atoms. The molecule has 5 nitrogen and oxygen atoms in total. The molecule has 0 radical (unpaired) electrons. The van der Waals surface area contributed by atoms with Gasteiger partial charge in [0.1, 0.15) is 22.5 Å². The van der Waals surface area contributed by atoms with Crippen LogP contribution in [-0.4, -0.2) is 21.3 Å². The van der Waals surface area contributed by atoms with Crippen LogP contribution in [0.5, 0.6) is 0 Å². The van der Waals surface area contributed by atoms with Gasteiger partial charge in [-0.1, -0.05) is 11.6 Å². The van der Waals surface area contributed by atoms with Gasteiger partial charge in [0.05, 0.1) is 12.1 Å². The summed E-state index contributed by atoms with van der Waals surface area (Å²) in [7, 11) is 0. The summed E-state index contributed by atoms with van der Waals surface area (Å²) in [4.78, 5) is 4.03. The zero-order chi connectivity index (χ0) is 15.8. The average molecular weight is 330 g/mol. The van der Waals surface area contributed by atoms with Gasteiger partial charge in [-0.3, -0.25) is 0 Å². The Morgan fingerprint density at radius 3 is 2.74 bits per heavy atom. The molecular formula is C16H13ClFN5. The summed E-state index contributed by atoms with van der Waals surface area (Å²) in [5, 5.41) is 5.10. The van der Waals surface area contributed by atoms with Crippen molar-refractivity contribution in [3.63, 3.8) is 0 Å². The van der Waals surface area contributed by atoms with Crippen LogP contribution in [0.1, 0.15) is 0 Å². The minimum absolute atomic E-state index is 0.272. The van der Waals surface area contributed by atoms with Crippen molar-refractivity contribution in [2.75, 3.05) is 12.0 Å². The number of hydrogen-bond acceptors (Lipinski definition) is 4. The van der Waals surface area contributed by atoms with E-state index in [1.165, 1.54) is 12.1 Å². The molecule has 0 aliphatic carbocycles. The number of anilines is 1. The van der Waals surface area contributed by atoms with Gasteiger partial charge in [0.2, 0.25) is 0 Å². The van der Waals surface area contributed by atoms with Gasteiger partial charge >= 0.3 is 0 Å². The third kappa shape index (κ3) is 2.56. The van der Waals surface area contributed by atoms with Gasteiger partial charge < -0.3 is 5.43 Å². The maximum Gasteiger partial charge on any atom is 0.147 e. The highest BCUT2D eigenvalue weighted by Crippen LogP contribution is 2.38. The number of nitrogens with one attached hydrogen (secondary N) is 2. The zero-order valence-corrected chi connectivity index (χ0v) is 12.8. The lowest BCUT2D eigenvalue weighted by molar-refractivity contribution is 0.547. The Balaban J connectivity index is 1.95. The lowest BCUT2D eigenvalue weighted by Gasteiger charge is -2.18. The molecule has 116 valence electrons. The predicted octanol–water partition coefficient (Wildman–Crippen LogP) is 3.33. The summed E-state index contributed by atoms with van der Waals surface area (Å²) in [6, 6.07) is 9.99. The van der Waals surface area contributed by atoms with Crippen LogP contribution in [-0.2, 0) is 6.54 Å². The lowest BCUT2D eigenvalue weighted by Crippen LogP contribution is -2.33. The summed E-state index contributed by atoms with van der Waals surface area (Å²) >= 11 is 6.04. The van der Waals surface area contributed by atoms with Crippen LogP contribution in [0.15, 0.2) is 42.6 Å². The molecule has 3 heterocycles. The quantitative estimate of drug-likeness (QED) is 0.708. The van der Waals surface area contributed by atoms with E-state index < -0.39 is 0 Å². The second-order valence-corrected chi connectivity index (χ2v) is 5.61. The average Bonchev–Trinajstić information content (AvgIpc) is 2.95. The fourth-order valence-corrected chi connectivity index (χ4v) is 2.87. The fourth-order valence-electron chi connectivity index (χ4n) is 2.70. The van der Waals surface area contributed by atoms with Crippen molar-refractivity contribution in [1.82, 2.24) is 20.2 Å². The highest BCUT2D eigenvalue weighted by atomic mass is 35.5. The SMILES string of the molecule is Fc1ccc(-c2nn3c(c2-c2ccnc(Cl)c2)NNCC3)cc1. The summed E-state index contributed by atoms with van der Waals surface area (Å²) in [5.41, 5.74) is 9.72. The van der Waals surface area contributed by atoms with Crippen LogP contribution < -0.4 is 10.9 Å². The van der Waals surface area contributed by atoms with E-state index in [2.05, 4.69) is 20.9 Å². The highest BCUT2D eigenvalue weighted by Gasteiger charge is 2.22. The molecule has 2 N–H and O–H groups in total. The van der Waals surface area contributed by atoms with Gasteiger partial charge in [0.15, 0.2) is 0 Å². The van der Waals surface area contributed by atoms with Gasteiger partial charge in [-0.15, -0.1) is 0 Å². The van der Waals surface area contributed by atoms with E-state index in [1.807, 2.05) is 10.7 Å². The summed E-state index contributed by atoms with van der Waals surface area (Å²) in [6.45, 7) is 1.52. The lowest BCUT2D eigenvalue weighted by atomic mass is 10.0. The standard InChI is InChI=1S/C16H13ClFN5/c17-13-9-11(5-6-19-13)14-15(10-1-3-12(18)4-2-10)22-23-8-7-20-21-16(14)23/h1-6,9,20-21H,7-8H2. The minimum atomic E-state index is -0.272. The maximum absolute atomic E-state index is 13.2. The number of halogens is 2. The van der Waals surface area contributed by atoms with Crippen molar-refractivity contribution in [2.45, 2.75) is 6.54 Å². The van der Waals surface area contributed by atoms with E-state index in [0.29, 0.717) is 5.15 Å². The van der Waals surface area contributed by atoms with Crippen LogP contribution in [0.25, 0.3) is 22.4 Å². The number of pyridine rings is 1. The van der Waals surface area contributed by atoms with Crippen molar-refractivity contribution in [2.24, 2.45) is 0 Å². The molecule has 1 aromatic carbocycles. The molecule has 3 aromatic rings. The molecule has 0 amide bonds. The minimum Gasteiger partial charge on any atom is -0.305 e. The normalized spacial score (nSPS) is 13.5. The van der Waals surface area contributed by atoms with E-state index in [4.69, 9.17) is 11.6 Å². The molecule has 0 spiro atoms. The monoisotopic (exact) mass is 329 g/mol. The Bertz CT molecular complexity index is 859. The van der Waals surface area contributed by atoms with Crippen molar-refractivity contribution in [3.8, 4) is 22.4 Å². The molecule has 1 aliphatic heterocycles. The largest absolute Gasteiger partial charge is 0.305 e. The van der Waals surface area contributed by atoms with Gasteiger partial charge in [-0.2, -0.15) is 5.10 Å². The number of fused-ring (bicyclic) bond motifs is 1. The topological polar surface area (TPSA) is 54.8 Å². The zero-order valence-electron chi connectivity index (χ0n) is 12.1. The van der Waals surface area contributed by atoms with Crippen molar-refractivity contribution >= 4 is 17.4 Å². The Hall–Kier alpha value is -2.44. The molecule has 0 saturated heterocycles. The number of benzene rings is 1. The number of aromatic nitrogens is 3. The first-order valence-electron chi connectivity index (χ1n) is 7.20. The van der Waals surface area contributed by atoms with Gasteiger partial charge in [-0.25, -0.2) is 19.5 Å². The fraction of sp³-hybridized carbons (Fsp3) is 0.125. The molecule has 4 rings (SSSR count). The van der Waals surface area contributed by atoms with Crippen molar-refractivity contribution in [3.05, 3.63) is 53.6 Å². The summed E-state index contributed by atoms with van der Waals surface area (Å²) in [6.07, 6.45) is 1.66. The second kappa shape index (κ2) is 5.64. The van der Waals surface area contributed by atoms with E-state index in [1.54, 1.807) is 24.4 Å². The first-order valence-corrected chi connectivity index (χ1v) is 7.58. The van der Waals surface area contributed by atoms with Crippen LogP contribution in [0.3, 0.4) is 0 Å². The van der Waals surface area contributed by atoms with E-state index in [9.17, 15) is 4.39 Å². The molecule has 0 atom stereocenters. The third-order valence-electron chi connectivity index (χ3n) is 3.74. The van der Waals surface area contributed by atoms with Gasteiger partial charge in [0, 0.05) is 18.3 Å². The molecule has 0 unspecified atom stereocenters. The third-order valence-corrected chi connectivity index (χ3v) is 3.95. The molecule has 7 heteroatoms. The number of hydrogen-bond donors (Lipinski definition) is 2. The van der Waals surface area contributed by atoms with Crippen LogP contribution in [0.4, 0.5) is 10.2 Å². The first-order chi connectivity index (χ1) is 11.2. The Morgan fingerprint density at radius 2 is 1.96 bits per heavy atom. The summed E-state index contributed by atoms with van der Waals surface area (Å²) < 4.78 is 15.1. The van der Waals surface area contributed by atoms with E-state index in [-0.39, 0.29) is 5.82 Å². The van der Waals surface area contributed by atoms with Gasteiger partial charge in [-0.05, 0) is 42.0 Å². The molecule has 23 heavy (non-hydrogen) atoms. The smallest absolute Gasteiger partial charge is 0.147 e. The van der Waals surface area contributed by atoms with Crippen LogP contribution >= 0.6 is 11.6 Å². The van der Waals surface area contributed by atoms with Crippen molar-refractivity contribution in [1.29, 1.82) is 0 Å². The molecule has 1 aliphatic rings. The van der Waals surface area contributed by atoms with E-state index >= 15 is 0 Å². The van der Waals surface area contributed by atoms with Crippen LogP contribution in [0.2, 0.25) is 5.15 Å². The number of hydrazine groups is 1. The summed E-state index contributed by atoms with van der Waals surface area (Å²) in [5.74, 6) is 0.587. The van der Waals surface area contributed by atoms with Crippen molar-refractivity contribution < 1.29 is 4.39 Å². The molecule has 0 saturated carbocycles. The maximum atomic E-state index is 13.2. The molecular weight excluding hydrogens is 317 g/mol. The number of nitrogens with zero attached hydrogens (tertiary/aromatic N) is 3. The predicted molar refractivity (Wildman–Crippen MR) is 87.5 cm³/mol. The molecule has 2 aromatic heterocycles. The van der Waals surface area contributed by atoms with Crippen LogP contribution in [0, 0.1) is 5.82 Å². The molecule has 0 fully saturated rings. The Morgan fingerprint density at radius 1 is 1.13 bits per heavy atom. The van der Waals surface area contributed by atoms with E-state index in [0.717, 1.165) is 41.3 Å². The Labute approximate surface area is 137 Å². The van der Waals surface area contributed by atoms with Gasteiger partial charge in [0.25, 0.3) is 0 Å². The Kier molecular flexibility index (Phi) is 3.48. The highest BCUT2D eigenvalue weighted by molar-refractivity contribution is 6.29.